The van der Waals surface area contributed by atoms with E-state index in [0.29, 0.717) is 6.04 Å². The summed E-state index contributed by atoms with van der Waals surface area (Å²) in [6, 6.07) is 0.536. The monoisotopic (exact) mass is 343 g/mol. The number of nitrogens with zero attached hydrogens (tertiary/aromatic N) is 5. The number of hydrogen-bond donors (Lipinski definition) is 2. The second-order valence-corrected chi connectivity index (χ2v) is 6.97. The van der Waals surface area contributed by atoms with E-state index in [1.165, 1.54) is 10.7 Å². The third-order valence-corrected chi connectivity index (χ3v) is 5.40. The first-order valence-corrected chi connectivity index (χ1v) is 9.27. The number of aromatic nitrogens is 5. The van der Waals surface area contributed by atoms with Gasteiger partial charge < -0.3 is 15.2 Å². The minimum Gasteiger partial charge on any atom is -0.355 e. The van der Waals surface area contributed by atoms with Crippen LogP contribution in [0, 0.1) is 0 Å². The highest BCUT2D eigenvalue weighted by atomic mass is 32.1. The van der Waals surface area contributed by atoms with Crippen molar-refractivity contribution >= 4 is 28.3 Å². The molecular formula is C16H21N7S. The van der Waals surface area contributed by atoms with Crippen molar-refractivity contribution in [2.24, 2.45) is 0 Å². The zero-order chi connectivity index (χ0) is 16.4. The molecule has 0 bridgehead atoms. The summed E-state index contributed by atoms with van der Waals surface area (Å²) in [7, 11) is 0. The molecule has 1 aliphatic rings. The summed E-state index contributed by atoms with van der Waals surface area (Å²) >= 11 is 1.75. The Bertz CT molecular complexity index is 803. The fraction of sp³-hybridized carbons (Fsp3) is 0.500. The number of thiazole rings is 1. The first kappa shape index (κ1) is 15.5. The molecule has 126 valence electrons. The maximum absolute atomic E-state index is 4.62. The van der Waals surface area contributed by atoms with Crippen molar-refractivity contribution in [1.29, 1.82) is 0 Å². The third kappa shape index (κ3) is 3.11. The Morgan fingerprint density at radius 3 is 2.96 bits per heavy atom. The van der Waals surface area contributed by atoms with Crippen LogP contribution in [0.5, 0.6) is 0 Å². The van der Waals surface area contributed by atoms with Gasteiger partial charge in [-0.05, 0) is 19.3 Å². The van der Waals surface area contributed by atoms with Crippen molar-refractivity contribution in [3.63, 3.8) is 0 Å². The number of rotatable bonds is 5. The van der Waals surface area contributed by atoms with E-state index in [0.717, 1.165) is 55.9 Å². The summed E-state index contributed by atoms with van der Waals surface area (Å²) in [6.45, 7) is 4.99. The van der Waals surface area contributed by atoms with E-state index in [2.05, 4.69) is 47.4 Å². The van der Waals surface area contributed by atoms with Gasteiger partial charge in [-0.1, -0.05) is 6.92 Å². The van der Waals surface area contributed by atoms with Gasteiger partial charge in [-0.2, -0.15) is 0 Å². The molecule has 0 unspecified atom stereocenters. The van der Waals surface area contributed by atoms with E-state index in [1.54, 1.807) is 24.0 Å². The summed E-state index contributed by atoms with van der Waals surface area (Å²) in [4.78, 5) is 22.9. The van der Waals surface area contributed by atoms with Crippen molar-refractivity contribution in [2.45, 2.75) is 38.8 Å². The Balaban J connectivity index is 1.34. The molecule has 0 aliphatic carbocycles. The maximum atomic E-state index is 4.62. The highest BCUT2D eigenvalue weighted by Gasteiger charge is 2.22. The van der Waals surface area contributed by atoms with Gasteiger partial charge in [-0.25, -0.2) is 19.9 Å². The number of H-pyrrole nitrogens is 1. The third-order valence-electron chi connectivity index (χ3n) is 4.50. The van der Waals surface area contributed by atoms with Crippen molar-refractivity contribution in [3.05, 3.63) is 28.7 Å². The average molecular weight is 343 g/mol. The van der Waals surface area contributed by atoms with Crippen LogP contribution in [-0.4, -0.2) is 44.1 Å². The predicted molar refractivity (Wildman–Crippen MR) is 95.3 cm³/mol. The molecule has 3 aromatic heterocycles. The normalized spacial score (nSPS) is 16.1. The summed E-state index contributed by atoms with van der Waals surface area (Å²) < 4.78 is 0. The number of fused-ring (bicyclic) bond motifs is 1. The van der Waals surface area contributed by atoms with E-state index in [1.807, 2.05) is 0 Å². The van der Waals surface area contributed by atoms with Crippen LogP contribution in [0.15, 0.2) is 18.0 Å². The quantitative estimate of drug-likeness (QED) is 0.738. The summed E-state index contributed by atoms with van der Waals surface area (Å²) in [5.74, 6) is 0.962. The number of hydrogen-bond acceptors (Lipinski definition) is 7. The predicted octanol–water partition coefficient (Wildman–Crippen LogP) is 2.13. The lowest BCUT2D eigenvalue weighted by molar-refractivity contribution is 0.412. The molecule has 0 saturated carbocycles. The van der Waals surface area contributed by atoms with Gasteiger partial charge in [-0.15, -0.1) is 11.3 Å². The van der Waals surface area contributed by atoms with E-state index in [4.69, 9.17) is 0 Å². The van der Waals surface area contributed by atoms with Crippen LogP contribution in [0.4, 0.5) is 5.82 Å². The van der Waals surface area contributed by atoms with Crippen LogP contribution in [0.25, 0.3) is 11.2 Å². The minimum atomic E-state index is 0.536. The molecule has 1 aliphatic heterocycles. The molecule has 1 fully saturated rings. The van der Waals surface area contributed by atoms with Gasteiger partial charge in [-0.3, -0.25) is 0 Å². The Morgan fingerprint density at radius 1 is 1.29 bits per heavy atom. The fourth-order valence-electron chi connectivity index (χ4n) is 3.11. The lowest BCUT2D eigenvalue weighted by atomic mass is 10.1. The zero-order valence-electron chi connectivity index (χ0n) is 13.7. The van der Waals surface area contributed by atoms with Crippen LogP contribution >= 0.6 is 11.3 Å². The first-order valence-electron chi connectivity index (χ1n) is 8.39. The van der Waals surface area contributed by atoms with E-state index >= 15 is 0 Å². The lowest BCUT2D eigenvalue weighted by Gasteiger charge is -2.33. The second kappa shape index (κ2) is 6.82. The second-order valence-electron chi connectivity index (χ2n) is 6.03. The first-order chi connectivity index (χ1) is 11.8. The van der Waals surface area contributed by atoms with Crippen molar-refractivity contribution in [3.8, 4) is 0 Å². The van der Waals surface area contributed by atoms with Gasteiger partial charge >= 0.3 is 0 Å². The molecule has 0 amide bonds. The summed E-state index contributed by atoms with van der Waals surface area (Å²) in [5.41, 5.74) is 2.86. The Morgan fingerprint density at radius 2 is 2.17 bits per heavy atom. The molecule has 0 radical (unpaired) electrons. The molecule has 2 N–H and O–H groups in total. The number of anilines is 1. The standard InChI is InChI=1S/C16H21N7S/c1-2-11-8-24-13(22-11)7-17-12-3-5-23(6-4-12)16-14-15(19-9-18-14)20-10-21-16/h8-10,12,17H,2-7H2,1H3,(H,18,19,20,21). The minimum absolute atomic E-state index is 0.536. The Labute approximate surface area is 144 Å². The Kier molecular flexibility index (Phi) is 4.40. The molecule has 1 saturated heterocycles. The van der Waals surface area contributed by atoms with Gasteiger partial charge in [0.15, 0.2) is 11.5 Å². The van der Waals surface area contributed by atoms with Crippen LogP contribution in [-0.2, 0) is 13.0 Å². The number of imidazole rings is 1. The van der Waals surface area contributed by atoms with Gasteiger partial charge in [0.05, 0.1) is 12.0 Å². The van der Waals surface area contributed by atoms with E-state index in [-0.39, 0.29) is 0 Å². The van der Waals surface area contributed by atoms with Gasteiger partial charge in [0.25, 0.3) is 0 Å². The number of aryl methyl sites for hydroxylation is 1. The van der Waals surface area contributed by atoms with Gasteiger partial charge in [0.1, 0.15) is 16.9 Å². The highest BCUT2D eigenvalue weighted by Crippen LogP contribution is 2.23. The van der Waals surface area contributed by atoms with E-state index < -0.39 is 0 Å². The average Bonchev–Trinajstić information content (AvgIpc) is 3.29. The van der Waals surface area contributed by atoms with E-state index in [9.17, 15) is 0 Å². The fourth-order valence-corrected chi connectivity index (χ4v) is 3.94. The molecule has 8 heteroatoms. The summed E-state index contributed by atoms with van der Waals surface area (Å²) in [6.07, 6.45) is 6.49. The SMILES string of the molecule is CCc1csc(CNC2CCN(c3ncnc4nc[nH]c34)CC2)n1. The largest absolute Gasteiger partial charge is 0.355 e. The smallest absolute Gasteiger partial charge is 0.182 e. The molecule has 24 heavy (non-hydrogen) atoms. The molecule has 0 atom stereocenters. The molecule has 4 heterocycles. The van der Waals surface area contributed by atoms with Crippen LogP contribution < -0.4 is 10.2 Å². The van der Waals surface area contributed by atoms with Crippen molar-refractivity contribution in [1.82, 2.24) is 30.2 Å². The number of aromatic amines is 1. The summed E-state index contributed by atoms with van der Waals surface area (Å²) in [5, 5.41) is 6.99. The topological polar surface area (TPSA) is 82.6 Å². The molecule has 4 rings (SSSR count). The molecule has 0 spiro atoms. The van der Waals surface area contributed by atoms with Crippen molar-refractivity contribution < 1.29 is 0 Å². The lowest BCUT2D eigenvalue weighted by Crippen LogP contribution is -2.42. The number of nitrogens with one attached hydrogen (secondary N) is 2. The Hall–Kier alpha value is -2.06. The van der Waals surface area contributed by atoms with Crippen LogP contribution in [0.3, 0.4) is 0 Å². The van der Waals surface area contributed by atoms with Crippen LogP contribution in [0.1, 0.15) is 30.5 Å². The molecule has 7 nitrogen and oxygen atoms in total. The van der Waals surface area contributed by atoms with Crippen LogP contribution in [0.2, 0.25) is 0 Å². The number of piperidine rings is 1. The molecule has 0 aromatic carbocycles. The maximum Gasteiger partial charge on any atom is 0.182 e. The highest BCUT2D eigenvalue weighted by molar-refractivity contribution is 7.09. The van der Waals surface area contributed by atoms with Crippen molar-refractivity contribution in [2.75, 3.05) is 18.0 Å². The molecular weight excluding hydrogens is 322 g/mol. The van der Waals surface area contributed by atoms with Gasteiger partial charge in [0.2, 0.25) is 0 Å². The molecule has 3 aromatic rings. The zero-order valence-corrected chi connectivity index (χ0v) is 14.5. The van der Waals surface area contributed by atoms with Gasteiger partial charge in [0, 0.05) is 31.1 Å².